The third-order valence-electron chi connectivity index (χ3n) is 5.36. The molecule has 0 saturated heterocycles. The van der Waals surface area contributed by atoms with Crippen molar-refractivity contribution in [3.05, 3.63) is 72.5 Å². The van der Waals surface area contributed by atoms with E-state index >= 15 is 0 Å². The number of aryl methyl sites for hydroxylation is 1. The molecule has 0 radical (unpaired) electrons. The van der Waals surface area contributed by atoms with Gasteiger partial charge >= 0.3 is 0 Å². The Labute approximate surface area is 192 Å². The van der Waals surface area contributed by atoms with E-state index in [-0.39, 0.29) is 11.9 Å². The van der Waals surface area contributed by atoms with Crippen LogP contribution < -0.4 is 10.1 Å². The predicted octanol–water partition coefficient (Wildman–Crippen LogP) is 4.73. The maximum absolute atomic E-state index is 12.5. The summed E-state index contributed by atoms with van der Waals surface area (Å²) in [5, 5.41) is 7.09. The van der Waals surface area contributed by atoms with Gasteiger partial charge in [-0.1, -0.05) is 42.4 Å². The van der Waals surface area contributed by atoms with Crippen molar-refractivity contribution < 1.29 is 14.1 Å². The third kappa shape index (κ3) is 5.65. The van der Waals surface area contributed by atoms with Gasteiger partial charge in [0, 0.05) is 18.4 Å². The number of carbonyl (C=O) groups is 1. The molecule has 4 rings (SSSR count). The number of hydrogen-bond donors (Lipinski definition) is 2. The van der Waals surface area contributed by atoms with Gasteiger partial charge in [-0.25, -0.2) is 4.98 Å². The fourth-order valence-corrected chi connectivity index (χ4v) is 3.52. The normalized spacial score (nSPS) is 11.8. The largest absolute Gasteiger partial charge is 0.497 e. The van der Waals surface area contributed by atoms with Crippen molar-refractivity contribution in [1.29, 1.82) is 0 Å². The molecular formula is C25H27N5O3. The Morgan fingerprint density at radius 3 is 2.64 bits per heavy atom. The molecule has 0 aliphatic heterocycles. The second-order valence-electron chi connectivity index (χ2n) is 7.67. The smallest absolute Gasteiger partial charge is 0.226 e. The number of H-pyrrole nitrogens is 1. The highest BCUT2D eigenvalue weighted by molar-refractivity contribution is 5.76. The molecule has 2 aromatic heterocycles. The number of amides is 1. The molecular weight excluding hydrogens is 418 g/mol. The van der Waals surface area contributed by atoms with Gasteiger partial charge in [0.05, 0.1) is 25.0 Å². The van der Waals surface area contributed by atoms with Crippen LogP contribution in [-0.2, 0) is 11.2 Å². The first-order valence-electron chi connectivity index (χ1n) is 11.0. The van der Waals surface area contributed by atoms with Crippen LogP contribution in [0.2, 0.25) is 0 Å². The number of aromatic amines is 1. The average Bonchev–Trinajstić information content (AvgIpc) is 3.54. The van der Waals surface area contributed by atoms with Gasteiger partial charge < -0.3 is 19.6 Å². The van der Waals surface area contributed by atoms with E-state index in [9.17, 15) is 4.79 Å². The molecule has 8 nitrogen and oxygen atoms in total. The van der Waals surface area contributed by atoms with Crippen LogP contribution in [0.15, 0.2) is 65.3 Å². The van der Waals surface area contributed by atoms with Crippen molar-refractivity contribution >= 4 is 5.91 Å². The highest BCUT2D eigenvalue weighted by Crippen LogP contribution is 2.22. The van der Waals surface area contributed by atoms with Crippen LogP contribution in [0.4, 0.5) is 0 Å². The van der Waals surface area contributed by atoms with Gasteiger partial charge in [0.15, 0.2) is 0 Å². The fraction of sp³-hybridized carbons (Fsp3) is 0.280. The van der Waals surface area contributed by atoms with E-state index in [0.717, 1.165) is 34.8 Å². The van der Waals surface area contributed by atoms with Crippen molar-refractivity contribution in [1.82, 2.24) is 25.4 Å². The minimum atomic E-state index is -0.167. The van der Waals surface area contributed by atoms with Crippen LogP contribution in [-0.4, -0.2) is 33.1 Å². The van der Waals surface area contributed by atoms with Gasteiger partial charge in [-0.05, 0) is 42.7 Å². The molecule has 2 aromatic carbocycles. The minimum Gasteiger partial charge on any atom is -0.497 e. The zero-order valence-corrected chi connectivity index (χ0v) is 18.7. The third-order valence-corrected chi connectivity index (χ3v) is 5.36. The second-order valence-corrected chi connectivity index (χ2v) is 7.67. The molecule has 1 amide bonds. The summed E-state index contributed by atoms with van der Waals surface area (Å²) >= 11 is 0. The molecule has 8 heteroatoms. The van der Waals surface area contributed by atoms with E-state index in [0.29, 0.717) is 31.0 Å². The summed E-state index contributed by atoms with van der Waals surface area (Å²) in [6.07, 6.45) is 4.05. The van der Waals surface area contributed by atoms with Gasteiger partial charge in [0.2, 0.25) is 17.6 Å². The standard InChI is InChI=1S/C25H27N5O3/c1-3-20(25-26-16-21(28-25)17-8-5-4-6-9-17)27-22(31)10-7-11-23-29-24(30-33-23)18-12-14-19(32-2)15-13-18/h4-6,8-9,12-16,20H,3,7,10-11H2,1-2H3,(H,26,28)(H,27,31). The Kier molecular flexibility index (Phi) is 7.14. The van der Waals surface area contributed by atoms with Gasteiger partial charge in [0.1, 0.15) is 11.6 Å². The average molecular weight is 446 g/mol. The number of rotatable bonds is 10. The quantitative estimate of drug-likeness (QED) is 0.366. The lowest BCUT2D eigenvalue weighted by molar-refractivity contribution is -0.122. The van der Waals surface area contributed by atoms with E-state index in [2.05, 4.69) is 25.4 Å². The Morgan fingerprint density at radius 1 is 1.12 bits per heavy atom. The summed E-state index contributed by atoms with van der Waals surface area (Å²) in [4.78, 5) is 24.7. The SMILES string of the molecule is CCC(NC(=O)CCCc1nc(-c2ccc(OC)cc2)no1)c1ncc(-c2ccccc2)[nH]1. The van der Waals surface area contributed by atoms with E-state index in [1.54, 1.807) is 13.3 Å². The van der Waals surface area contributed by atoms with Crippen molar-refractivity contribution in [2.75, 3.05) is 7.11 Å². The lowest BCUT2D eigenvalue weighted by Gasteiger charge is -2.14. The first-order valence-corrected chi connectivity index (χ1v) is 11.0. The molecule has 1 unspecified atom stereocenters. The molecule has 0 saturated carbocycles. The minimum absolute atomic E-state index is 0.0330. The second kappa shape index (κ2) is 10.6. The maximum Gasteiger partial charge on any atom is 0.226 e. The van der Waals surface area contributed by atoms with Gasteiger partial charge in [0.25, 0.3) is 0 Å². The van der Waals surface area contributed by atoms with Crippen LogP contribution >= 0.6 is 0 Å². The van der Waals surface area contributed by atoms with Crippen LogP contribution in [0.1, 0.15) is 43.9 Å². The number of aromatic nitrogens is 4. The Balaban J connectivity index is 1.27. The Bertz CT molecular complexity index is 1170. The zero-order chi connectivity index (χ0) is 23.0. The van der Waals surface area contributed by atoms with Crippen LogP contribution in [0, 0.1) is 0 Å². The summed E-state index contributed by atoms with van der Waals surface area (Å²) < 4.78 is 10.5. The summed E-state index contributed by atoms with van der Waals surface area (Å²) in [7, 11) is 1.62. The summed E-state index contributed by atoms with van der Waals surface area (Å²) in [6.45, 7) is 2.02. The van der Waals surface area contributed by atoms with Gasteiger partial charge in [-0.15, -0.1) is 0 Å². The van der Waals surface area contributed by atoms with E-state index in [1.807, 2.05) is 61.5 Å². The van der Waals surface area contributed by atoms with Gasteiger partial charge in [-0.3, -0.25) is 4.79 Å². The summed E-state index contributed by atoms with van der Waals surface area (Å²) in [5.41, 5.74) is 2.84. The van der Waals surface area contributed by atoms with E-state index < -0.39 is 0 Å². The van der Waals surface area contributed by atoms with E-state index in [4.69, 9.17) is 9.26 Å². The van der Waals surface area contributed by atoms with Crippen LogP contribution in [0.25, 0.3) is 22.6 Å². The zero-order valence-electron chi connectivity index (χ0n) is 18.7. The molecule has 0 aliphatic rings. The van der Waals surface area contributed by atoms with E-state index in [1.165, 1.54) is 0 Å². The molecule has 2 heterocycles. The molecule has 0 spiro atoms. The molecule has 0 fully saturated rings. The molecule has 4 aromatic rings. The number of carbonyl (C=O) groups excluding carboxylic acids is 1. The highest BCUT2D eigenvalue weighted by Gasteiger charge is 2.17. The predicted molar refractivity (Wildman–Crippen MR) is 124 cm³/mol. The number of hydrogen-bond acceptors (Lipinski definition) is 6. The number of benzene rings is 2. The van der Waals surface area contributed by atoms with Crippen molar-refractivity contribution in [2.45, 2.75) is 38.6 Å². The molecule has 170 valence electrons. The molecule has 0 bridgehead atoms. The lowest BCUT2D eigenvalue weighted by Crippen LogP contribution is -2.28. The number of methoxy groups -OCH3 is 1. The fourth-order valence-electron chi connectivity index (χ4n) is 3.52. The van der Waals surface area contributed by atoms with Gasteiger partial charge in [-0.2, -0.15) is 4.98 Å². The number of ether oxygens (including phenoxy) is 1. The lowest BCUT2D eigenvalue weighted by atomic mass is 10.1. The molecule has 1 atom stereocenters. The first-order chi connectivity index (χ1) is 16.2. The monoisotopic (exact) mass is 445 g/mol. The topological polar surface area (TPSA) is 106 Å². The first kappa shape index (κ1) is 22.3. The number of imidazole rings is 1. The van der Waals surface area contributed by atoms with Crippen molar-refractivity contribution in [2.24, 2.45) is 0 Å². The Morgan fingerprint density at radius 2 is 1.91 bits per heavy atom. The van der Waals surface area contributed by atoms with Crippen molar-refractivity contribution in [3.63, 3.8) is 0 Å². The maximum atomic E-state index is 12.5. The van der Waals surface area contributed by atoms with Crippen molar-refractivity contribution in [3.8, 4) is 28.4 Å². The van der Waals surface area contributed by atoms with Crippen LogP contribution in [0.5, 0.6) is 5.75 Å². The molecule has 0 aliphatic carbocycles. The summed E-state index contributed by atoms with van der Waals surface area (Å²) in [6, 6.07) is 17.3. The summed E-state index contributed by atoms with van der Waals surface area (Å²) in [5.74, 6) is 2.53. The number of nitrogens with zero attached hydrogens (tertiary/aromatic N) is 3. The molecule has 33 heavy (non-hydrogen) atoms. The highest BCUT2D eigenvalue weighted by atomic mass is 16.5. The molecule has 2 N–H and O–H groups in total. The Hall–Kier alpha value is -3.94. The number of nitrogens with one attached hydrogen (secondary N) is 2. The van der Waals surface area contributed by atoms with Crippen LogP contribution in [0.3, 0.4) is 0 Å².